The van der Waals surface area contributed by atoms with Crippen molar-refractivity contribution in [1.29, 1.82) is 0 Å². The Morgan fingerprint density at radius 2 is 1.20 bits per heavy atom. The number of ketones is 1. The van der Waals surface area contributed by atoms with Crippen LogP contribution in [0.15, 0.2) is 91.0 Å². The maximum absolute atomic E-state index is 11.3. The number of carbonyl (C=O) groups is 3. The quantitative estimate of drug-likeness (QED) is 0.121. The molecule has 9 nitrogen and oxygen atoms in total. The van der Waals surface area contributed by atoms with Crippen LogP contribution < -0.4 is 0 Å². The highest BCUT2D eigenvalue weighted by Crippen LogP contribution is 2.31. The summed E-state index contributed by atoms with van der Waals surface area (Å²) in [7, 11) is 0. The zero-order valence-electron chi connectivity index (χ0n) is 25.8. The van der Waals surface area contributed by atoms with Crippen LogP contribution in [0.5, 0.6) is 0 Å². The van der Waals surface area contributed by atoms with Crippen molar-refractivity contribution in [3.63, 3.8) is 0 Å². The summed E-state index contributed by atoms with van der Waals surface area (Å²) in [6.45, 7) is 4.59. The fourth-order valence-electron chi connectivity index (χ4n) is 5.18. The largest absolute Gasteiger partial charge is 0.478 e. The summed E-state index contributed by atoms with van der Waals surface area (Å²) in [5, 5.41) is 36.4. The van der Waals surface area contributed by atoms with E-state index in [0.29, 0.717) is 31.6 Å². The van der Waals surface area contributed by atoms with Gasteiger partial charge in [0.2, 0.25) is 0 Å². The molecule has 1 aliphatic heterocycles. The van der Waals surface area contributed by atoms with Gasteiger partial charge in [0.15, 0.2) is 17.9 Å². The van der Waals surface area contributed by atoms with Gasteiger partial charge in [-0.2, -0.15) is 0 Å². The molecule has 0 saturated carbocycles. The van der Waals surface area contributed by atoms with Crippen LogP contribution in [0, 0.1) is 0 Å². The number of aromatic carboxylic acids is 2. The fraction of sp³-hybridized carbons (Fsp3) is 0.270. The monoisotopic (exact) mass is 626 g/mol. The lowest BCUT2D eigenvalue weighted by Gasteiger charge is -2.23. The minimum Gasteiger partial charge on any atom is -0.478 e. The van der Waals surface area contributed by atoms with Gasteiger partial charge in [-0.25, -0.2) is 9.59 Å². The van der Waals surface area contributed by atoms with Crippen LogP contribution in [0.3, 0.4) is 0 Å². The Kier molecular flexibility index (Phi) is 11.6. The number of Topliss-reactive ketones (excluding diaryl/α,β-unsaturated/α-hetero) is 1. The first-order valence-electron chi connectivity index (χ1n) is 15.0. The number of hydrogen-bond acceptors (Lipinski definition) is 7. The van der Waals surface area contributed by atoms with Crippen molar-refractivity contribution in [2.75, 3.05) is 13.2 Å². The van der Waals surface area contributed by atoms with E-state index in [2.05, 4.69) is 0 Å². The van der Waals surface area contributed by atoms with Crippen LogP contribution in [0.4, 0.5) is 0 Å². The molecule has 1 fully saturated rings. The van der Waals surface area contributed by atoms with Crippen molar-refractivity contribution >= 4 is 17.7 Å². The van der Waals surface area contributed by atoms with Crippen LogP contribution in [-0.2, 0) is 40.9 Å². The third-order valence-corrected chi connectivity index (χ3v) is 7.85. The number of aryl methyl sites for hydroxylation is 4. The van der Waals surface area contributed by atoms with E-state index >= 15 is 0 Å². The van der Waals surface area contributed by atoms with Crippen molar-refractivity contribution < 1.29 is 44.3 Å². The summed E-state index contributed by atoms with van der Waals surface area (Å²) in [5.74, 6) is -3.13. The van der Waals surface area contributed by atoms with Gasteiger partial charge in [-0.3, -0.25) is 4.79 Å². The zero-order valence-corrected chi connectivity index (χ0v) is 25.8. The van der Waals surface area contributed by atoms with E-state index < -0.39 is 24.0 Å². The molecular formula is C37H38O9. The number of hydrogen-bond donors (Lipinski definition) is 4. The van der Waals surface area contributed by atoms with E-state index in [1.165, 1.54) is 12.1 Å². The fourth-order valence-corrected chi connectivity index (χ4v) is 5.18. The van der Waals surface area contributed by atoms with E-state index in [0.717, 1.165) is 46.2 Å². The molecule has 1 heterocycles. The highest BCUT2D eigenvalue weighted by molar-refractivity contribution is 6.01. The van der Waals surface area contributed by atoms with Crippen molar-refractivity contribution in [2.45, 2.75) is 51.6 Å². The lowest BCUT2D eigenvalue weighted by Crippen LogP contribution is -2.22. The Hall–Kier alpha value is -4.67. The van der Waals surface area contributed by atoms with E-state index in [-0.39, 0.29) is 16.9 Å². The predicted octanol–water partition coefficient (Wildman–Crippen LogP) is 5.75. The lowest BCUT2D eigenvalue weighted by atomic mass is 9.97. The van der Waals surface area contributed by atoms with E-state index in [4.69, 9.17) is 24.8 Å². The second kappa shape index (κ2) is 15.6. The first-order valence-corrected chi connectivity index (χ1v) is 15.0. The SMILES string of the molecule is CC(=O)c1cccc(CCc2ccc(C(O)O)cc2)c1.CC1(c2cccc(CCc3ccc(C(=O)O)c(C(=O)O)c3)c2)OCCO1. The summed E-state index contributed by atoms with van der Waals surface area (Å²) < 4.78 is 11.4. The molecule has 0 aliphatic carbocycles. The average Bonchev–Trinajstić information content (AvgIpc) is 3.51. The molecule has 0 amide bonds. The Morgan fingerprint density at radius 3 is 1.76 bits per heavy atom. The van der Waals surface area contributed by atoms with Gasteiger partial charge in [0.1, 0.15) is 0 Å². The first-order chi connectivity index (χ1) is 21.9. The molecule has 9 heteroatoms. The molecule has 0 atom stereocenters. The zero-order chi connectivity index (χ0) is 33.3. The van der Waals surface area contributed by atoms with Gasteiger partial charge < -0.3 is 29.9 Å². The van der Waals surface area contributed by atoms with Gasteiger partial charge in [-0.05, 0) is 80.0 Å². The molecule has 4 N–H and O–H groups in total. The summed E-state index contributed by atoms with van der Waals surface area (Å²) >= 11 is 0. The molecule has 4 aromatic rings. The van der Waals surface area contributed by atoms with Crippen LogP contribution >= 0.6 is 0 Å². The van der Waals surface area contributed by atoms with Gasteiger partial charge in [0.05, 0.1) is 24.3 Å². The maximum Gasteiger partial charge on any atom is 0.336 e. The molecule has 1 saturated heterocycles. The standard InChI is InChI=1S/C20H20O6.C17H18O3/c1-20(25-9-10-26-20)15-4-2-3-13(11-15)5-6-14-7-8-16(18(21)22)17(12-14)19(23)24;1-12(18)16-4-2-3-14(11-16)6-5-13-7-9-15(10-8-13)17(19)20/h2-4,7-8,11-12H,5-6,9-10H2,1H3,(H,21,22)(H,23,24);2-4,7-11,17,19-20H,5-6H2,1H3. The number of carboxylic acid groups (broad SMARTS) is 2. The Bertz CT molecular complexity index is 1670. The van der Waals surface area contributed by atoms with Gasteiger partial charge in [0, 0.05) is 16.7 Å². The molecule has 0 bridgehead atoms. The number of aliphatic hydroxyl groups is 2. The smallest absolute Gasteiger partial charge is 0.336 e. The molecular weight excluding hydrogens is 588 g/mol. The molecule has 240 valence electrons. The van der Waals surface area contributed by atoms with E-state index in [1.807, 2.05) is 67.6 Å². The third kappa shape index (κ3) is 9.18. The molecule has 0 spiro atoms. The normalized spacial score (nSPS) is 13.6. The molecule has 5 rings (SSSR count). The highest BCUT2D eigenvalue weighted by Gasteiger charge is 2.33. The van der Waals surface area contributed by atoms with Crippen molar-refractivity contribution in [3.8, 4) is 0 Å². The van der Waals surface area contributed by atoms with Crippen LogP contribution in [0.2, 0.25) is 0 Å². The van der Waals surface area contributed by atoms with Gasteiger partial charge in [-0.1, -0.05) is 72.8 Å². The van der Waals surface area contributed by atoms with Crippen LogP contribution in [0.25, 0.3) is 0 Å². The summed E-state index contributed by atoms with van der Waals surface area (Å²) in [6.07, 6.45) is 1.57. The predicted molar refractivity (Wildman–Crippen MR) is 171 cm³/mol. The lowest BCUT2D eigenvalue weighted by molar-refractivity contribution is -0.149. The minimum atomic E-state index is -1.42. The second-order valence-electron chi connectivity index (χ2n) is 11.2. The van der Waals surface area contributed by atoms with Gasteiger partial charge in [0.25, 0.3) is 0 Å². The molecule has 0 aromatic heterocycles. The minimum absolute atomic E-state index is 0.0770. The van der Waals surface area contributed by atoms with Crippen molar-refractivity contribution in [3.05, 3.63) is 141 Å². The Balaban J connectivity index is 0.000000216. The number of carbonyl (C=O) groups excluding carboxylic acids is 1. The maximum atomic E-state index is 11.3. The first kappa shape index (κ1) is 34.2. The summed E-state index contributed by atoms with van der Waals surface area (Å²) in [4.78, 5) is 33.7. The highest BCUT2D eigenvalue weighted by atomic mass is 16.7. The topological polar surface area (TPSA) is 151 Å². The third-order valence-electron chi connectivity index (χ3n) is 7.85. The number of rotatable bonds is 11. The molecule has 0 unspecified atom stereocenters. The van der Waals surface area contributed by atoms with Crippen molar-refractivity contribution in [2.24, 2.45) is 0 Å². The van der Waals surface area contributed by atoms with E-state index in [1.54, 1.807) is 25.1 Å². The number of aliphatic hydroxyl groups excluding tert-OH is 1. The Labute approximate surface area is 267 Å². The molecule has 46 heavy (non-hydrogen) atoms. The van der Waals surface area contributed by atoms with Gasteiger partial charge in [-0.15, -0.1) is 0 Å². The van der Waals surface area contributed by atoms with Crippen LogP contribution in [-0.4, -0.2) is 51.4 Å². The number of benzene rings is 4. The van der Waals surface area contributed by atoms with E-state index in [9.17, 15) is 19.5 Å². The molecule has 0 radical (unpaired) electrons. The number of ether oxygens (including phenoxy) is 2. The molecule has 4 aromatic carbocycles. The molecule has 1 aliphatic rings. The second-order valence-corrected chi connectivity index (χ2v) is 11.2. The van der Waals surface area contributed by atoms with Crippen LogP contribution in [0.1, 0.15) is 84.6 Å². The number of carboxylic acids is 2. The van der Waals surface area contributed by atoms with Gasteiger partial charge >= 0.3 is 11.9 Å². The average molecular weight is 627 g/mol. The Morgan fingerprint density at radius 1 is 0.674 bits per heavy atom. The van der Waals surface area contributed by atoms with Crippen molar-refractivity contribution in [1.82, 2.24) is 0 Å². The summed E-state index contributed by atoms with van der Waals surface area (Å²) in [6, 6.07) is 27.2. The summed E-state index contributed by atoms with van der Waals surface area (Å²) in [5.41, 5.74) is 5.88.